The van der Waals surface area contributed by atoms with Crippen LogP contribution >= 0.6 is 0 Å². The van der Waals surface area contributed by atoms with Crippen molar-refractivity contribution in [2.75, 3.05) is 17.2 Å². The molecule has 0 aliphatic carbocycles. The van der Waals surface area contributed by atoms with Gasteiger partial charge in [-0.05, 0) is 74.7 Å². The van der Waals surface area contributed by atoms with Crippen molar-refractivity contribution in [2.24, 2.45) is 7.05 Å². The molecule has 2 aromatic carbocycles. The summed E-state index contributed by atoms with van der Waals surface area (Å²) in [4.78, 5) is 35.1. The Morgan fingerprint density at radius 1 is 1.03 bits per heavy atom. The van der Waals surface area contributed by atoms with Crippen molar-refractivity contribution < 1.29 is 9.21 Å². The minimum atomic E-state index is -0.209. The van der Waals surface area contributed by atoms with E-state index in [1.54, 1.807) is 30.1 Å². The molecular weight excluding hydrogens is 490 g/mol. The molecule has 5 aromatic rings. The van der Waals surface area contributed by atoms with E-state index in [0.717, 1.165) is 47.4 Å². The number of anilines is 2. The molecule has 39 heavy (non-hydrogen) atoms. The molecule has 0 fully saturated rings. The van der Waals surface area contributed by atoms with Gasteiger partial charge in [0.1, 0.15) is 11.3 Å². The van der Waals surface area contributed by atoms with Crippen LogP contribution in [0.3, 0.4) is 0 Å². The van der Waals surface area contributed by atoms with Gasteiger partial charge in [-0.15, -0.1) is 0 Å². The van der Waals surface area contributed by atoms with Gasteiger partial charge >= 0.3 is 0 Å². The predicted octanol–water partition coefficient (Wildman–Crippen LogP) is 5.89. The van der Waals surface area contributed by atoms with Crippen LogP contribution in [-0.4, -0.2) is 27.0 Å². The molecule has 0 saturated carbocycles. The number of hydrogen-bond donors (Lipinski definition) is 2. The molecule has 0 unspecified atom stereocenters. The van der Waals surface area contributed by atoms with Gasteiger partial charge in [-0.1, -0.05) is 23.8 Å². The first-order valence-electron chi connectivity index (χ1n) is 13.0. The molecule has 0 bridgehead atoms. The van der Waals surface area contributed by atoms with E-state index in [9.17, 15) is 9.59 Å². The average Bonchev–Trinajstić information content (AvgIpc) is 3.45. The van der Waals surface area contributed by atoms with Crippen molar-refractivity contribution >= 4 is 28.4 Å². The van der Waals surface area contributed by atoms with Crippen LogP contribution < -0.4 is 16.2 Å². The van der Waals surface area contributed by atoms with Crippen LogP contribution in [0.15, 0.2) is 82.3 Å². The van der Waals surface area contributed by atoms with E-state index in [2.05, 4.69) is 20.6 Å². The second-order valence-electron chi connectivity index (χ2n) is 9.71. The summed E-state index contributed by atoms with van der Waals surface area (Å²) in [7, 11) is 1.73. The summed E-state index contributed by atoms with van der Waals surface area (Å²) >= 11 is 0. The lowest BCUT2D eigenvalue weighted by Crippen LogP contribution is -2.20. The Labute approximate surface area is 226 Å². The van der Waals surface area contributed by atoms with E-state index < -0.39 is 0 Å². The number of nitrogens with zero attached hydrogens (tertiary/aromatic N) is 3. The summed E-state index contributed by atoms with van der Waals surface area (Å²) in [5.41, 5.74) is 4.95. The normalized spacial score (nSPS) is 11.1. The number of hydrogen-bond acceptors (Lipinski definition) is 6. The summed E-state index contributed by atoms with van der Waals surface area (Å²) in [6.07, 6.45) is 6.15. The van der Waals surface area contributed by atoms with E-state index in [1.165, 1.54) is 0 Å². The van der Waals surface area contributed by atoms with Crippen molar-refractivity contribution in [2.45, 2.75) is 33.1 Å². The van der Waals surface area contributed by atoms with Crippen molar-refractivity contribution in [1.29, 1.82) is 0 Å². The molecule has 8 nitrogen and oxygen atoms in total. The monoisotopic (exact) mass is 521 g/mol. The number of rotatable bonds is 9. The third kappa shape index (κ3) is 5.90. The van der Waals surface area contributed by atoms with Gasteiger partial charge in [0.15, 0.2) is 0 Å². The number of unbranched alkanes of at least 4 members (excludes halogenated alkanes) is 1. The van der Waals surface area contributed by atoms with Crippen LogP contribution in [0.4, 0.5) is 11.6 Å². The summed E-state index contributed by atoms with van der Waals surface area (Å²) in [6.45, 7) is 4.63. The number of benzene rings is 2. The first-order chi connectivity index (χ1) is 18.9. The largest absolute Gasteiger partial charge is 0.469 e. The van der Waals surface area contributed by atoms with Crippen LogP contribution in [0, 0.1) is 13.8 Å². The highest BCUT2D eigenvalue weighted by molar-refractivity contribution is 6.04. The molecule has 0 saturated heterocycles. The molecule has 0 radical (unpaired) electrons. The number of nitrogens with one attached hydrogen (secondary N) is 2. The second kappa shape index (κ2) is 11.3. The van der Waals surface area contributed by atoms with Gasteiger partial charge in [-0.3, -0.25) is 9.59 Å². The zero-order valence-electron chi connectivity index (χ0n) is 22.3. The molecule has 0 aliphatic heterocycles. The van der Waals surface area contributed by atoms with Crippen LogP contribution in [0.1, 0.15) is 40.1 Å². The number of aromatic nitrogens is 3. The van der Waals surface area contributed by atoms with E-state index in [1.807, 2.05) is 68.4 Å². The fourth-order valence-electron chi connectivity index (χ4n) is 4.57. The van der Waals surface area contributed by atoms with E-state index >= 15 is 0 Å². The topological polar surface area (TPSA) is 102 Å². The maximum atomic E-state index is 13.3. The molecular formula is C31H31N5O3. The Morgan fingerprint density at radius 2 is 1.90 bits per heavy atom. The minimum Gasteiger partial charge on any atom is -0.469 e. The third-order valence-electron chi connectivity index (χ3n) is 6.74. The first-order valence-corrected chi connectivity index (χ1v) is 13.0. The molecule has 8 heteroatoms. The van der Waals surface area contributed by atoms with Gasteiger partial charge in [0.25, 0.3) is 11.5 Å². The number of amides is 1. The maximum Gasteiger partial charge on any atom is 0.277 e. The number of carbonyl (C=O) groups is 1. The second-order valence-corrected chi connectivity index (χ2v) is 9.71. The highest BCUT2D eigenvalue weighted by atomic mass is 16.3. The first kappa shape index (κ1) is 25.9. The number of furan rings is 1. The number of aryl methyl sites for hydroxylation is 3. The Morgan fingerprint density at radius 3 is 2.69 bits per heavy atom. The van der Waals surface area contributed by atoms with Crippen LogP contribution in [-0.2, 0) is 13.5 Å². The predicted molar refractivity (Wildman–Crippen MR) is 154 cm³/mol. The lowest BCUT2D eigenvalue weighted by atomic mass is 10.0. The van der Waals surface area contributed by atoms with Crippen molar-refractivity contribution in [3.63, 3.8) is 0 Å². The zero-order valence-corrected chi connectivity index (χ0v) is 22.3. The van der Waals surface area contributed by atoms with Gasteiger partial charge in [0, 0.05) is 48.4 Å². The van der Waals surface area contributed by atoms with E-state index in [0.29, 0.717) is 34.6 Å². The molecule has 3 aromatic heterocycles. The zero-order chi connectivity index (χ0) is 27.4. The summed E-state index contributed by atoms with van der Waals surface area (Å²) in [6, 6.07) is 18.9. The van der Waals surface area contributed by atoms with Crippen molar-refractivity contribution in [1.82, 2.24) is 14.5 Å². The van der Waals surface area contributed by atoms with Gasteiger partial charge in [-0.2, -0.15) is 0 Å². The maximum absolute atomic E-state index is 13.3. The molecule has 0 aliphatic rings. The fraction of sp³-hybridized carbons (Fsp3) is 0.226. The Kier molecular flexibility index (Phi) is 7.54. The van der Waals surface area contributed by atoms with E-state index in [4.69, 9.17) is 4.42 Å². The minimum absolute atomic E-state index is 0.185. The average molecular weight is 522 g/mol. The van der Waals surface area contributed by atoms with Crippen LogP contribution in [0.2, 0.25) is 0 Å². The molecule has 2 N–H and O–H groups in total. The number of fused-ring (bicyclic) bond motifs is 1. The van der Waals surface area contributed by atoms with Crippen LogP contribution in [0.5, 0.6) is 0 Å². The highest BCUT2D eigenvalue weighted by Crippen LogP contribution is 2.28. The van der Waals surface area contributed by atoms with E-state index in [-0.39, 0.29) is 11.5 Å². The lowest BCUT2D eigenvalue weighted by molar-refractivity contribution is 0.102. The molecule has 1 amide bonds. The highest BCUT2D eigenvalue weighted by Gasteiger charge is 2.14. The van der Waals surface area contributed by atoms with Gasteiger partial charge < -0.3 is 19.6 Å². The van der Waals surface area contributed by atoms with Crippen LogP contribution in [0.25, 0.3) is 22.2 Å². The lowest BCUT2D eigenvalue weighted by Gasteiger charge is -2.15. The van der Waals surface area contributed by atoms with Crippen molar-refractivity contribution in [3.05, 3.63) is 106 Å². The molecule has 0 atom stereocenters. The van der Waals surface area contributed by atoms with Gasteiger partial charge in [0.05, 0.1) is 12.0 Å². The summed E-state index contributed by atoms with van der Waals surface area (Å²) < 4.78 is 6.96. The number of pyridine rings is 1. The third-order valence-corrected chi connectivity index (χ3v) is 6.74. The number of carbonyl (C=O) groups excluding carboxylic acids is 1. The fourth-order valence-corrected chi connectivity index (χ4v) is 4.57. The molecule has 3 heterocycles. The molecule has 5 rings (SSSR count). The van der Waals surface area contributed by atoms with Crippen molar-refractivity contribution in [3.8, 4) is 11.3 Å². The Balaban J connectivity index is 1.34. The Bertz CT molecular complexity index is 1690. The quantitative estimate of drug-likeness (QED) is 0.235. The SMILES string of the molecule is Cc1cccc(C(=O)Nc2ccc(C)c(-c3cc4cnc(NCCCCc5ccco5)nc4c(=O)n3C)c2)c1. The summed E-state index contributed by atoms with van der Waals surface area (Å²) in [5.74, 6) is 1.23. The smallest absolute Gasteiger partial charge is 0.277 e. The molecule has 0 spiro atoms. The molecule has 198 valence electrons. The Hall–Kier alpha value is -4.72. The summed E-state index contributed by atoms with van der Waals surface area (Å²) in [5, 5.41) is 6.85. The standard InChI is InChI=1S/C31H31N5O3/c1-20-8-6-9-22(16-20)29(37)34-24-13-12-21(2)26(18-24)27-17-23-19-33-31(35-28(23)30(38)36(27)3)32-14-5-4-10-25-11-7-15-39-25/h6-9,11-13,15-19H,4-5,10,14H2,1-3H3,(H,34,37)(H,32,33,35). The van der Waals surface area contributed by atoms with Gasteiger partial charge in [-0.25, -0.2) is 9.97 Å². The van der Waals surface area contributed by atoms with Gasteiger partial charge in [0.2, 0.25) is 5.95 Å².